The maximum Gasteiger partial charge on any atom is 0.326 e. The summed E-state index contributed by atoms with van der Waals surface area (Å²) in [6.45, 7) is 7.38. The van der Waals surface area contributed by atoms with Crippen molar-refractivity contribution in [1.82, 2.24) is 10.6 Å². The smallest absolute Gasteiger partial charge is 0.326 e. The molecule has 6 nitrogen and oxygen atoms in total. The fourth-order valence-electron chi connectivity index (χ4n) is 2.23. The summed E-state index contributed by atoms with van der Waals surface area (Å²) in [4.78, 5) is 23.3. The quantitative estimate of drug-likeness (QED) is 0.497. The van der Waals surface area contributed by atoms with Gasteiger partial charge in [-0.25, -0.2) is 4.79 Å². The molecule has 0 spiro atoms. The Kier molecular flexibility index (Phi) is 7.67. The number of rotatable bonds is 8. The first kappa shape index (κ1) is 20.2. The third kappa shape index (κ3) is 5.96. The molecule has 0 aromatic heterocycles. The number of aryl methyl sites for hydroxylation is 1. The zero-order valence-corrected chi connectivity index (χ0v) is 15.0. The molecule has 1 amide bonds. The Morgan fingerprint density at radius 2 is 1.84 bits per heavy atom. The summed E-state index contributed by atoms with van der Waals surface area (Å²) in [7, 11) is 0. The first-order valence-electron chi connectivity index (χ1n) is 8.28. The highest BCUT2D eigenvalue weighted by Crippen LogP contribution is 2.14. The molecule has 134 valence electrons. The van der Waals surface area contributed by atoms with Crippen LogP contribution in [0.15, 0.2) is 36.0 Å². The van der Waals surface area contributed by atoms with Gasteiger partial charge < -0.3 is 15.7 Å². The van der Waals surface area contributed by atoms with Crippen molar-refractivity contribution in [3.05, 3.63) is 47.2 Å². The Morgan fingerprint density at radius 3 is 2.28 bits per heavy atom. The van der Waals surface area contributed by atoms with E-state index in [1.54, 1.807) is 19.9 Å². The van der Waals surface area contributed by atoms with E-state index in [1.165, 1.54) is 11.8 Å². The van der Waals surface area contributed by atoms with Gasteiger partial charge in [0.2, 0.25) is 0 Å². The number of nitriles is 1. The van der Waals surface area contributed by atoms with Crippen LogP contribution in [-0.4, -0.2) is 23.0 Å². The standard InChI is InChI=1S/C19H25N3O3/c1-5-14-6-8-15(9-7-14)13(4)21-11-16(10-20)18(23)22-17(12(2)3)19(24)25/h6-9,11-13,17,21H,5H2,1-4H3,(H,22,23)(H,24,25)/b16-11-. The topological polar surface area (TPSA) is 102 Å². The number of nitrogens with one attached hydrogen (secondary N) is 2. The van der Waals surface area contributed by atoms with Gasteiger partial charge in [-0.05, 0) is 30.4 Å². The van der Waals surface area contributed by atoms with Gasteiger partial charge in [0.15, 0.2) is 0 Å². The highest BCUT2D eigenvalue weighted by Gasteiger charge is 2.24. The summed E-state index contributed by atoms with van der Waals surface area (Å²) in [6.07, 6.45) is 2.29. The van der Waals surface area contributed by atoms with Gasteiger partial charge in [-0.2, -0.15) is 5.26 Å². The monoisotopic (exact) mass is 343 g/mol. The van der Waals surface area contributed by atoms with Crippen molar-refractivity contribution < 1.29 is 14.7 Å². The Labute approximate surface area is 148 Å². The molecule has 2 unspecified atom stereocenters. The number of carboxylic acids is 1. The molecule has 0 saturated carbocycles. The van der Waals surface area contributed by atoms with Crippen molar-refractivity contribution in [2.24, 2.45) is 5.92 Å². The normalized spacial score (nSPS) is 13.7. The van der Waals surface area contributed by atoms with Crippen LogP contribution < -0.4 is 10.6 Å². The van der Waals surface area contributed by atoms with Gasteiger partial charge >= 0.3 is 5.97 Å². The van der Waals surface area contributed by atoms with Crippen LogP contribution in [0.5, 0.6) is 0 Å². The van der Waals surface area contributed by atoms with E-state index in [9.17, 15) is 14.9 Å². The molecule has 0 bridgehead atoms. The second-order valence-corrected chi connectivity index (χ2v) is 6.19. The Balaban J connectivity index is 2.79. The van der Waals surface area contributed by atoms with E-state index in [-0.39, 0.29) is 17.5 Å². The Bertz CT molecular complexity index is 672. The van der Waals surface area contributed by atoms with Gasteiger partial charge in [0.25, 0.3) is 5.91 Å². The van der Waals surface area contributed by atoms with Crippen molar-refractivity contribution in [1.29, 1.82) is 5.26 Å². The van der Waals surface area contributed by atoms with Gasteiger partial charge in [-0.3, -0.25) is 4.79 Å². The van der Waals surface area contributed by atoms with E-state index >= 15 is 0 Å². The van der Waals surface area contributed by atoms with Crippen molar-refractivity contribution in [3.63, 3.8) is 0 Å². The third-order valence-electron chi connectivity index (χ3n) is 3.95. The first-order chi connectivity index (χ1) is 11.8. The molecule has 0 aliphatic heterocycles. The summed E-state index contributed by atoms with van der Waals surface area (Å²) < 4.78 is 0. The first-order valence-corrected chi connectivity index (χ1v) is 8.28. The molecule has 1 aromatic carbocycles. The van der Waals surface area contributed by atoms with E-state index in [0.29, 0.717) is 0 Å². The summed E-state index contributed by atoms with van der Waals surface area (Å²) in [5, 5.41) is 23.7. The molecule has 3 N–H and O–H groups in total. The SMILES string of the molecule is CCc1ccc(C(C)N/C=C(/C#N)C(=O)NC(C(=O)O)C(C)C)cc1. The molecule has 1 rings (SSSR count). The minimum Gasteiger partial charge on any atom is -0.480 e. The second-order valence-electron chi connectivity index (χ2n) is 6.19. The summed E-state index contributed by atoms with van der Waals surface area (Å²) >= 11 is 0. The fraction of sp³-hybridized carbons (Fsp3) is 0.421. The van der Waals surface area contributed by atoms with E-state index in [0.717, 1.165) is 12.0 Å². The average molecular weight is 343 g/mol. The van der Waals surface area contributed by atoms with Crippen LogP contribution in [-0.2, 0) is 16.0 Å². The minimum atomic E-state index is -1.13. The third-order valence-corrected chi connectivity index (χ3v) is 3.95. The number of benzene rings is 1. The maximum absolute atomic E-state index is 12.1. The number of hydrogen-bond acceptors (Lipinski definition) is 4. The number of carboxylic acid groups (broad SMARTS) is 1. The predicted octanol–water partition coefficient (Wildman–Crippen LogP) is 2.53. The van der Waals surface area contributed by atoms with Crippen molar-refractivity contribution in [2.45, 2.75) is 46.2 Å². The highest BCUT2D eigenvalue weighted by molar-refractivity contribution is 5.99. The Hall–Kier alpha value is -2.81. The molecule has 1 aromatic rings. The summed E-state index contributed by atoms with van der Waals surface area (Å²) in [6, 6.07) is 8.74. The van der Waals surface area contributed by atoms with Crippen LogP contribution in [0.2, 0.25) is 0 Å². The number of nitrogens with zero attached hydrogens (tertiary/aromatic N) is 1. The van der Waals surface area contributed by atoms with Crippen LogP contribution in [0.25, 0.3) is 0 Å². The lowest BCUT2D eigenvalue weighted by atomic mass is 10.0. The van der Waals surface area contributed by atoms with Gasteiger partial charge in [0, 0.05) is 12.2 Å². The predicted molar refractivity (Wildman–Crippen MR) is 95.5 cm³/mol. The molecular weight excluding hydrogens is 318 g/mol. The Morgan fingerprint density at radius 1 is 1.24 bits per heavy atom. The van der Waals surface area contributed by atoms with Crippen LogP contribution >= 0.6 is 0 Å². The molecular formula is C19H25N3O3. The molecule has 0 radical (unpaired) electrons. The van der Waals surface area contributed by atoms with Crippen LogP contribution in [0.3, 0.4) is 0 Å². The van der Waals surface area contributed by atoms with Gasteiger partial charge in [0.05, 0.1) is 0 Å². The average Bonchev–Trinajstić information content (AvgIpc) is 2.59. The molecule has 2 atom stereocenters. The van der Waals surface area contributed by atoms with Gasteiger partial charge in [0.1, 0.15) is 17.7 Å². The van der Waals surface area contributed by atoms with Crippen molar-refractivity contribution >= 4 is 11.9 Å². The lowest BCUT2D eigenvalue weighted by Crippen LogP contribution is -2.44. The molecule has 0 heterocycles. The van der Waals surface area contributed by atoms with Gasteiger partial charge in [-0.1, -0.05) is 45.0 Å². The number of hydrogen-bond donors (Lipinski definition) is 3. The molecule has 0 aliphatic carbocycles. The summed E-state index contributed by atoms with van der Waals surface area (Å²) in [5.41, 5.74) is 2.10. The van der Waals surface area contributed by atoms with Crippen LogP contribution in [0.1, 0.15) is 44.9 Å². The largest absolute Gasteiger partial charge is 0.480 e. The molecule has 25 heavy (non-hydrogen) atoms. The molecule has 0 saturated heterocycles. The molecule has 0 fully saturated rings. The number of amides is 1. The lowest BCUT2D eigenvalue weighted by Gasteiger charge is -2.18. The van der Waals surface area contributed by atoms with E-state index < -0.39 is 17.9 Å². The van der Waals surface area contributed by atoms with E-state index in [4.69, 9.17) is 5.11 Å². The van der Waals surface area contributed by atoms with Crippen LogP contribution in [0, 0.1) is 17.2 Å². The van der Waals surface area contributed by atoms with E-state index in [1.807, 2.05) is 31.2 Å². The van der Waals surface area contributed by atoms with E-state index in [2.05, 4.69) is 17.6 Å². The summed E-state index contributed by atoms with van der Waals surface area (Å²) in [5.74, 6) is -2.12. The maximum atomic E-state index is 12.1. The minimum absolute atomic E-state index is 0.0950. The van der Waals surface area contributed by atoms with Crippen LogP contribution in [0.4, 0.5) is 0 Å². The van der Waals surface area contributed by atoms with Crippen molar-refractivity contribution in [2.75, 3.05) is 0 Å². The molecule has 0 aliphatic rings. The zero-order chi connectivity index (χ0) is 19.0. The van der Waals surface area contributed by atoms with Gasteiger partial charge in [-0.15, -0.1) is 0 Å². The van der Waals surface area contributed by atoms with Crippen molar-refractivity contribution in [3.8, 4) is 6.07 Å². The highest BCUT2D eigenvalue weighted by atomic mass is 16.4. The number of carbonyl (C=O) groups is 2. The fourth-order valence-corrected chi connectivity index (χ4v) is 2.23. The lowest BCUT2D eigenvalue weighted by molar-refractivity contribution is -0.142. The zero-order valence-electron chi connectivity index (χ0n) is 15.0. The second kappa shape index (κ2) is 9.48. The number of aliphatic carboxylic acids is 1. The number of carbonyl (C=O) groups excluding carboxylic acids is 1. The molecule has 6 heteroatoms.